The van der Waals surface area contributed by atoms with Crippen molar-refractivity contribution in [2.45, 2.75) is 32.4 Å². The van der Waals surface area contributed by atoms with Crippen molar-refractivity contribution in [2.75, 3.05) is 23.7 Å². The van der Waals surface area contributed by atoms with Crippen molar-refractivity contribution < 1.29 is 27.1 Å². The molecule has 0 aliphatic carbocycles. The quantitative estimate of drug-likeness (QED) is 0.200. The van der Waals surface area contributed by atoms with Gasteiger partial charge >= 0.3 is 0 Å². The van der Waals surface area contributed by atoms with Gasteiger partial charge < -0.3 is 15.0 Å². The molecule has 0 aliphatic rings. The Kier molecular flexibility index (Phi) is 11.1. The molecule has 1 N–H and O–H groups in total. The number of amides is 2. The number of para-hydroxylation sites is 1. The Morgan fingerprint density at radius 2 is 1.41 bits per heavy atom. The Balaban J connectivity index is 1.66. The summed E-state index contributed by atoms with van der Waals surface area (Å²) in [6.07, 6.45) is 1.92. The smallest absolute Gasteiger partial charge is 0.244 e. The van der Waals surface area contributed by atoms with Crippen LogP contribution in [-0.4, -0.2) is 50.5 Å². The van der Waals surface area contributed by atoms with Crippen LogP contribution in [-0.2, 0) is 32.6 Å². The molecule has 0 spiro atoms. The number of carbonyl (C=O) groups excluding carboxylic acids is 2. The van der Waals surface area contributed by atoms with Crippen LogP contribution in [0.2, 0.25) is 0 Å². The fourth-order valence-electron chi connectivity index (χ4n) is 4.63. The third-order valence-electron chi connectivity index (χ3n) is 6.87. The van der Waals surface area contributed by atoms with E-state index in [1.807, 2.05) is 55.5 Å². The Labute approximate surface area is 258 Å². The second-order valence-electron chi connectivity index (χ2n) is 10.3. The number of anilines is 1. The van der Waals surface area contributed by atoms with Crippen molar-refractivity contribution in [1.29, 1.82) is 0 Å². The lowest BCUT2D eigenvalue weighted by atomic mass is 10.0. The average molecular weight is 618 g/mol. The molecule has 1 atom stereocenters. The molecule has 8 nitrogen and oxygen atoms in total. The molecule has 0 heterocycles. The van der Waals surface area contributed by atoms with Gasteiger partial charge in [-0.05, 0) is 66.1 Å². The van der Waals surface area contributed by atoms with E-state index in [-0.39, 0.29) is 24.6 Å². The van der Waals surface area contributed by atoms with Crippen molar-refractivity contribution in [3.63, 3.8) is 0 Å². The van der Waals surface area contributed by atoms with Crippen molar-refractivity contribution in [3.8, 4) is 11.5 Å². The lowest BCUT2D eigenvalue weighted by Gasteiger charge is -2.33. The van der Waals surface area contributed by atoms with Crippen LogP contribution in [0.5, 0.6) is 11.5 Å². The summed E-state index contributed by atoms with van der Waals surface area (Å²) in [5, 5.41) is 2.89. The van der Waals surface area contributed by atoms with Gasteiger partial charge in [0.25, 0.3) is 0 Å². The lowest BCUT2D eigenvalue weighted by Crippen LogP contribution is -2.53. The molecule has 4 rings (SSSR count). The van der Waals surface area contributed by atoms with Crippen LogP contribution >= 0.6 is 0 Å². The predicted octanol–water partition coefficient (Wildman–Crippen LogP) is 5.55. The van der Waals surface area contributed by atoms with E-state index in [2.05, 4.69) is 5.32 Å². The standard InChI is InChI=1S/C34H36FN3O5S/c1-3-22-36-34(40)32(23-26-10-6-4-7-11-26)37(24-27-14-16-28(35)17-15-27)33(39)25-38(44(2,41)42)29-18-20-31(21-19-29)43-30-12-8-5-9-13-30/h4-21,32H,3,22-25H2,1-2H3,(H,36,40)/t32-/m1/s1. The van der Waals surface area contributed by atoms with E-state index in [4.69, 9.17) is 4.74 Å². The molecule has 0 saturated carbocycles. The van der Waals surface area contributed by atoms with Gasteiger partial charge in [-0.1, -0.05) is 67.6 Å². The van der Waals surface area contributed by atoms with Crippen LogP contribution < -0.4 is 14.4 Å². The number of carbonyl (C=O) groups is 2. The minimum Gasteiger partial charge on any atom is -0.457 e. The largest absolute Gasteiger partial charge is 0.457 e. The second-order valence-corrected chi connectivity index (χ2v) is 12.2. The summed E-state index contributed by atoms with van der Waals surface area (Å²) in [6.45, 7) is 1.76. The third kappa shape index (κ3) is 9.15. The van der Waals surface area contributed by atoms with Gasteiger partial charge in [-0.3, -0.25) is 13.9 Å². The van der Waals surface area contributed by atoms with Crippen LogP contribution in [0.1, 0.15) is 24.5 Å². The van der Waals surface area contributed by atoms with Crippen molar-refractivity contribution in [1.82, 2.24) is 10.2 Å². The highest BCUT2D eigenvalue weighted by molar-refractivity contribution is 7.92. The van der Waals surface area contributed by atoms with Gasteiger partial charge in [-0.2, -0.15) is 0 Å². The van der Waals surface area contributed by atoms with Gasteiger partial charge in [0, 0.05) is 19.5 Å². The van der Waals surface area contributed by atoms with Crippen LogP contribution in [0.15, 0.2) is 109 Å². The maximum Gasteiger partial charge on any atom is 0.244 e. The molecule has 2 amide bonds. The van der Waals surface area contributed by atoms with E-state index in [1.165, 1.54) is 17.0 Å². The van der Waals surface area contributed by atoms with Gasteiger partial charge in [0.1, 0.15) is 29.9 Å². The van der Waals surface area contributed by atoms with Crippen molar-refractivity contribution in [2.24, 2.45) is 0 Å². The summed E-state index contributed by atoms with van der Waals surface area (Å²) >= 11 is 0. The first-order valence-corrected chi connectivity index (χ1v) is 16.1. The minimum absolute atomic E-state index is 0.0301. The predicted molar refractivity (Wildman–Crippen MR) is 169 cm³/mol. The molecular weight excluding hydrogens is 581 g/mol. The number of hydrogen-bond donors (Lipinski definition) is 1. The topological polar surface area (TPSA) is 96.0 Å². The molecule has 4 aromatic carbocycles. The zero-order valence-corrected chi connectivity index (χ0v) is 25.5. The normalized spacial score (nSPS) is 11.8. The van der Waals surface area contributed by atoms with Gasteiger partial charge in [0.05, 0.1) is 11.9 Å². The first-order valence-electron chi connectivity index (χ1n) is 14.3. The monoisotopic (exact) mass is 617 g/mol. The number of hydrogen-bond acceptors (Lipinski definition) is 5. The summed E-state index contributed by atoms with van der Waals surface area (Å²) in [4.78, 5) is 29.0. The van der Waals surface area contributed by atoms with Gasteiger partial charge in [0.15, 0.2) is 0 Å². The Morgan fingerprint density at radius 1 is 0.818 bits per heavy atom. The van der Waals surface area contributed by atoms with Crippen LogP contribution in [0.3, 0.4) is 0 Å². The summed E-state index contributed by atoms with van der Waals surface area (Å²) in [7, 11) is -3.92. The lowest BCUT2D eigenvalue weighted by molar-refractivity contribution is -0.140. The highest BCUT2D eigenvalue weighted by Crippen LogP contribution is 2.26. The first kappa shape index (κ1) is 32.2. The number of sulfonamides is 1. The first-order chi connectivity index (χ1) is 21.1. The van der Waals surface area contributed by atoms with Crippen LogP contribution in [0.4, 0.5) is 10.1 Å². The summed E-state index contributed by atoms with van der Waals surface area (Å²) in [5.74, 6) is -0.265. The van der Waals surface area contributed by atoms with Crippen molar-refractivity contribution >= 4 is 27.5 Å². The van der Waals surface area contributed by atoms with Crippen LogP contribution in [0, 0.1) is 5.82 Å². The maximum atomic E-state index is 14.1. The fraction of sp³-hybridized carbons (Fsp3) is 0.235. The molecule has 0 bridgehead atoms. The SMILES string of the molecule is CCCNC(=O)[C@@H](Cc1ccccc1)N(Cc1ccc(F)cc1)C(=O)CN(c1ccc(Oc2ccccc2)cc1)S(C)(=O)=O. The summed E-state index contributed by atoms with van der Waals surface area (Å²) in [5.41, 5.74) is 1.68. The van der Waals surface area contributed by atoms with Gasteiger partial charge in [0.2, 0.25) is 21.8 Å². The van der Waals surface area contributed by atoms with E-state index < -0.39 is 34.3 Å². The maximum absolute atomic E-state index is 14.1. The number of halogens is 1. The molecule has 44 heavy (non-hydrogen) atoms. The van der Waals surface area contributed by atoms with Crippen LogP contribution in [0.25, 0.3) is 0 Å². The van der Waals surface area contributed by atoms with Crippen molar-refractivity contribution in [3.05, 3.63) is 126 Å². The highest BCUT2D eigenvalue weighted by atomic mass is 32.2. The second kappa shape index (κ2) is 15.2. The fourth-order valence-corrected chi connectivity index (χ4v) is 5.47. The highest BCUT2D eigenvalue weighted by Gasteiger charge is 2.33. The molecule has 230 valence electrons. The number of benzene rings is 4. The molecule has 0 saturated heterocycles. The molecule has 0 fully saturated rings. The minimum atomic E-state index is -3.92. The van der Waals surface area contributed by atoms with Gasteiger partial charge in [-0.15, -0.1) is 0 Å². The zero-order chi connectivity index (χ0) is 31.5. The van der Waals surface area contributed by atoms with E-state index in [0.29, 0.717) is 30.0 Å². The van der Waals surface area contributed by atoms with E-state index in [9.17, 15) is 22.4 Å². The number of nitrogens with one attached hydrogen (secondary N) is 1. The summed E-state index contributed by atoms with van der Waals surface area (Å²) < 4.78 is 46.5. The molecule has 0 aliphatic heterocycles. The Morgan fingerprint density at radius 3 is 2.00 bits per heavy atom. The Hall–Kier alpha value is -4.70. The molecule has 0 unspecified atom stereocenters. The molecule has 10 heteroatoms. The third-order valence-corrected chi connectivity index (χ3v) is 8.01. The van der Waals surface area contributed by atoms with Gasteiger partial charge in [-0.25, -0.2) is 12.8 Å². The van der Waals surface area contributed by atoms with E-state index in [0.717, 1.165) is 16.1 Å². The molecular formula is C34H36FN3O5S. The average Bonchev–Trinajstić information content (AvgIpc) is 3.02. The Bertz CT molecular complexity index is 1620. The summed E-state index contributed by atoms with van der Waals surface area (Å²) in [6, 6.07) is 29.5. The zero-order valence-electron chi connectivity index (χ0n) is 24.7. The molecule has 0 aromatic heterocycles. The van der Waals surface area contributed by atoms with E-state index in [1.54, 1.807) is 48.5 Å². The molecule has 0 radical (unpaired) electrons. The number of nitrogens with zero attached hydrogens (tertiary/aromatic N) is 2. The number of ether oxygens (including phenoxy) is 1. The molecule has 4 aromatic rings. The number of rotatable bonds is 14. The van der Waals surface area contributed by atoms with E-state index >= 15 is 0 Å².